The summed E-state index contributed by atoms with van der Waals surface area (Å²) in [5.41, 5.74) is 3.34. The molecule has 2 aromatic rings. The average Bonchev–Trinajstić information content (AvgIpc) is 2.44. The molecule has 0 atom stereocenters. The van der Waals surface area contributed by atoms with Crippen LogP contribution < -0.4 is 10.6 Å². The lowest BCUT2D eigenvalue weighted by molar-refractivity contribution is 0.923. The third-order valence-electron chi connectivity index (χ3n) is 2.91. The number of benzene rings is 1. The molecule has 0 unspecified atom stereocenters. The number of nitrogens with one attached hydrogen (secondary N) is 2. The van der Waals surface area contributed by atoms with Crippen molar-refractivity contribution in [2.24, 2.45) is 0 Å². The van der Waals surface area contributed by atoms with Crippen molar-refractivity contribution in [3.63, 3.8) is 0 Å². The molecule has 0 bridgehead atoms. The number of aryl methyl sites for hydroxylation is 2. The summed E-state index contributed by atoms with van der Waals surface area (Å²) in [5.74, 6) is 0.706. The van der Waals surface area contributed by atoms with E-state index in [9.17, 15) is 0 Å². The van der Waals surface area contributed by atoms with Gasteiger partial charge in [0, 0.05) is 11.0 Å². The largest absolute Gasteiger partial charge is 0.358 e. The van der Waals surface area contributed by atoms with E-state index in [0.717, 1.165) is 14.6 Å². The van der Waals surface area contributed by atoms with Crippen molar-refractivity contribution in [2.45, 2.75) is 20.4 Å². The molecule has 2 rings (SSSR count). The van der Waals surface area contributed by atoms with Gasteiger partial charge in [-0.2, -0.15) is 0 Å². The Balaban J connectivity index is 1.96. The SMILES string of the molecule is Cc1ccc(CNC(=S)Nc2nc(C)c(Br)cc2Br)cc1. The minimum atomic E-state index is 0.547. The van der Waals surface area contributed by atoms with Crippen LogP contribution in [0.15, 0.2) is 39.3 Å². The topological polar surface area (TPSA) is 37.0 Å². The maximum absolute atomic E-state index is 5.30. The van der Waals surface area contributed by atoms with Crippen LogP contribution in [0.5, 0.6) is 0 Å². The molecule has 1 aromatic carbocycles. The fourth-order valence-electron chi connectivity index (χ4n) is 1.69. The number of anilines is 1. The van der Waals surface area contributed by atoms with Gasteiger partial charge in [-0.15, -0.1) is 0 Å². The second-order valence-corrected chi connectivity index (χ2v) is 6.80. The van der Waals surface area contributed by atoms with E-state index in [2.05, 4.69) is 78.7 Å². The Morgan fingerprint density at radius 1 is 1.14 bits per heavy atom. The quantitative estimate of drug-likeness (QED) is 0.694. The standard InChI is InChI=1S/C15H15Br2N3S/c1-9-3-5-11(6-4-9)8-18-15(21)20-14-13(17)7-12(16)10(2)19-14/h3-7H,8H2,1-2H3,(H2,18,19,20,21). The number of hydrogen-bond acceptors (Lipinski definition) is 2. The lowest BCUT2D eigenvalue weighted by Crippen LogP contribution is -2.28. The van der Waals surface area contributed by atoms with E-state index in [0.29, 0.717) is 17.5 Å². The number of aromatic nitrogens is 1. The lowest BCUT2D eigenvalue weighted by Gasteiger charge is -2.12. The van der Waals surface area contributed by atoms with E-state index >= 15 is 0 Å². The monoisotopic (exact) mass is 427 g/mol. The van der Waals surface area contributed by atoms with Gasteiger partial charge in [-0.25, -0.2) is 4.98 Å². The first-order valence-electron chi connectivity index (χ1n) is 6.39. The predicted molar refractivity (Wildman–Crippen MR) is 98.6 cm³/mol. The molecule has 1 heterocycles. The molecule has 0 saturated carbocycles. The predicted octanol–water partition coefficient (Wildman–Crippen LogP) is 4.71. The van der Waals surface area contributed by atoms with Crippen LogP contribution in [-0.4, -0.2) is 10.1 Å². The van der Waals surface area contributed by atoms with Crippen molar-refractivity contribution >= 4 is 55.0 Å². The van der Waals surface area contributed by atoms with E-state index in [1.165, 1.54) is 11.1 Å². The van der Waals surface area contributed by atoms with Crippen LogP contribution >= 0.6 is 44.1 Å². The van der Waals surface area contributed by atoms with Gasteiger partial charge in [0.2, 0.25) is 0 Å². The van der Waals surface area contributed by atoms with Gasteiger partial charge in [0.25, 0.3) is 0 Å². The minimum absolute atomic E-state index is 0.547. The first-order valence-corrected chi connectivity index (χ1v) is 8.38. The highest BCUT2D eigenvalue weighted by molar-refractivity contribution is 9.11. The summed E-state index contributed by atoms with van der Waals surface area (Å²) in [4.78, 5) is 4.45. The van der Waals surface area contributed by atoms with Gasteiger partial charge < -0.3 is 10.6 Å². The van der Waals surface area contributed by atoms with Crippen molar-refractivity contribution in [1.29, 1.82) is 0 Å². The Morgan fingerprint density at radius 3 is 2.48 bits per heavy atom. The molecule has 21 heavy (non-hydrogen) atoms. The summed E-state index contributed by atoms with van der Waals surface area (Å²) >= 11 is 12.2. The second-order valence-electron chi connectivity index (χ2n) is 4.68. The Labute approximate surface area is 146 Å². The molecular weight excluding hydrogens is 414 g/mol. The molecule has 1 aromatic heterocycles. The van der Waals surface area contributed by atoms with Gasteiger partial charge in [0.15, 0.2) is 5.11 Å². The van der Waals surface area contributed by atoms with E-state index in [1.54, 1.807) is 0 Å². The second kappa shape index (κ2) is 7.33. The highest BCUT2D eigenvalue weighted by Crippen LogP contribution is 2.26. The first-order chi connectivity index (χ1) is 9.95. The van der Waals surface area contributed by atoms with Crippen molar-refractivity contribution in [3.05, 3.63) is 56.1 Å². The van der Waals surface area contributed by atoms with Gasteiger partial charge in [0.1, 0.15) is 5.82 Å². The van der Waals surface area contributed by atoms with Crippen molar-refractivity contribution in [1.82, 2.24) is 10.3 Å². The third-order valence-corrected chi connectivity index (χ3v) is 4.56. The highest BCUT2D eigenvalue weighted by Gasteiger charge is 2.07. The van der Waals surface area contributed by atoms with Crippen LogP contribution in [0.1, 0.15) is 16.8 Å². The molecule has 0 aliphatic heterocycles. The number of pyridine rings is 1. The van der Waals surface area contributed by atoms with Crippen molar-refractivity contribution < 1.29 is 0 Å². The van der Waals surface area contributed by atoms with Crippen LogP contribution in [-0.2, 0) is 6.54 Å². The summed E-state index contributed by atoms with van der Waals surface area (Å²) in [6, 6.07) is 10.3. The number of thiocarbonyl (C=S) groups is 1. The molecule has 6 heteroatoms. The van der Waals surface area contributed by atoms with Crippen LogP contribution in [0, 0.1) is 13.8 Å². The molecule has 0 spiro atoms. The maximum atomic E-state index is 5.30. The smallest absolute Gasteiger partial charge is 0.172 e. The summed E-state index contributed by atoms with van der Waals surface area (Å²) < 4.78 is 1.82. The van der Waals surface area contributed by atoms with Gasteiger partial charge >= 0.3 is 0 Å². The van der Waals surface area contributed by atoms with Crippen molar-refractivity contribution in [3.8, 4) is 0 Å². The third kappa shape index (κ3) is 4.76. The summed E-state index contributed by atoms with van der Waals surface area (Å²) in [7, 11) is 0. The fraction of sp³-hybridized carbons (Fsp3) is 0.200. The molecule has 0 aliphatic rings. The van der Waals surface area contributed by atoms with Gasteiger partial charge in [0.05, 0.1) is 10.2 Å². The van der Waals surface area contributed by atoms with Crippen LogP contribution in [0.2, 0.25) is 0 Å². The zero-order chi connectivity index (χ0) is 15.4. The maximum Gasteiger partial charge on any atom is 0.172 e. The minimum Gasteiger partial charge on any atom is -0.358 e. The normalized spacial score (nSPS) is 10.3. The van der Waals surface area contributed by atoms with E-state index in [4.69, 9.17) is 12.2 Å². The average molecular weight is 429 g/mol. The number of rotatable bonds is 3. The van der Waals surface area contributed by atoms with Crippen LogP contribution in [0.3, 0.4) is 0 Å². The molecule has 0 fully saturated rings. The summed E-state index contributed by atoms with van der Waals surface area (Å²) in [5, 5.41) is 6.82. The molecule has 0 amide bonds. The number of hydrogen-bond donors (Lipinski definition) is 2. The Bertz CT molecular complexity index is 657. The zero-order valence-corrected chi connectivity index (χ0v) is 15.7. The van der Waals surface area contributed by atoms with E-state index in [-0.39, 0.29) is 0 Å². The highest BCUT2D eigenvalue weighted by atomic mass is 79.9. The van der Waals surface area contributed by atoms with Crippen LogP contribution in [0.4, 0.5) is 5.82 Å². The molecule has 3 nitrogen and oxygen atoms in total. The molecule has 110 valence electrons. The number of halogens is 2. The van der Waals surface area contributed by atoms with Gasteiger partial charge in [-0.3, -0.25) is 0 Å². The molecule has 0 radical (unpaired) electrons. The van der Waals surface area contributed by atoms with Crippen molar-refractivity contribution in [2.75, 3.05) is 5.32 Å². The Hall–Kier alpha value is -0.980. The molecule has 0 saturated heterocycles. The number of nitrogens with zero attached hydrogens (tertiary/aromatic N) is 1. The Kier molecular flexibility index (Phi) is 5.72. The van der Waals surface area contributed by atoms with E-state index in [1.807, 2.05) is 13.0 Å². The fourth-order valence-corrected chi connectivity index (χ4v) is 2.90. The Morgan fingerprint density at radius 2 is 1.81 bits per heavy atom. The zero-order valence-electron chi connectivity index (χ0n) is 11.7. The molecule has 2 N–H and O–H groups in total. The molecular formula is C15H15Br2N3S. The van der Waals surface area contributed by atoms with Gasteiger partial charge in [-0.05, 0) is 69.6 Å². The summed E-state index contributed by atoms with van der Waals surface area (Å²) in [6.07, 6.45) is 0. The van der Waals surface area contributed by atoms with Gasteiger partial charge in [-0.1, -0.05) is 29.8 Å². The van der Waals surface area contributed by atoms with Crippen LogP contribution in [0.25, 0.3) is 0 Å². The lowest BCUT2D eigenvalue weighted by atomic mass is 10.1. The summed E-state index contributed by atoms with van der Waals surface area (Å²) in [6.45, 7) is 4.69. The first kappa shape index (κ1) is 16.4. The van der Waals surface area contributed by atoms with E-state index < -0.39 is 0 Å². The molecule has 0 aliphatic carbocycles.